The molecule has 0 bridgehead atoms. The molecule has 1 unspecified atom stereocenters. The average Bonchev–Trinajstić information content (AvgIpc) is 3.21. The molecule has 1 N–H and O–H groups in total. The van der Waals surface area contributed by atoms with Crippen LogP contribution in [0.2, 0.25) is 0 Å². The van der Waals surface area contributed by atoms with Crippen molar-refractivity contribution in [3.63, 3.8) is 0 Å². The maximum Gasteiger partial charge on any atom is 0.263 e. The molecule has 1 fully saturated rings. The van der Waals surface area contributed by atoms with Crippen LogP contribution < -0.4 is 9.62 Å². The summed E-state index contributed by atoms with van der Waals surface area (Å²) >= 11 is 0. The molecule has 2 aliphatic rings. The number of rotatable bonds is 5. The second-order valence-electron chi connectivity index (χ2n) is 8.27. The third kappa shape index (κ3) is 4.24. The first-order valence-corrected chi connectivity index (χ1v) is 12.5. The predicted octanol–water partition coefficient (Wildman–Crippen LogP) is 2.54. The van der Waals surface area contributed by atoms with Crippen molar-refractivity contribution in [2.24, 2.45) is 0 Å². The van der Waals surface area contributed by atoms with Crippen LogP contribution in [0.1, 0.15) is 29.7 Å². The van der Waals surface area contributed by atoms with Crippen molar-refractivity contribution < 1.29 is 19.4 Å². The standard InChI is InChI=1S/C24H23N5O4S.H2/c30-22-15-21(19-3-1-2-4-20(19)22)24(31)29-13-11-28(12-14-29)17-5-7-18(8-6-17)34(32,33)27-23-9-10-25-16-26-23;/h1-10,16,21H,11-15H2,(H,25,26,27);1H. The molecule has 0 spiro atoms. The van der Waals surface area contributed by atoms with Gasteiger partial charge in [0, 0.05) is 51.5 Å². The molecule has 10 heteroatoms. The Balaban J connectivity index is 0.00000289. The third-order valence-corrected chi connectivity index (χ3v) is 7.62. The zero-order valence-electron chi connectivity index (χ0n) is 18.3. The first-order chi connectivity index (χ1) is 16.4. The molecule has 1 aliphatic heterocycles. The lowest BCUT2D eigenvalue weighted by atomic mass is 9.99. The second kappa shape index (κ2) is 8.86. The fourth-order valence-corrected chi connectivity index (χ4v) is 5.48. The van der Waals surface area contributed by atoms with E-state index >= 15 is 0 Å². The van der Waals surface area contributed by atoms with E-state index in [1.54, 1.807) is 30.3 Å². The molecule has 176 valence electrons. The van der Waals surface area contributed by atoms with Gasteiger partial charge in [0.2, 0.25) is 5.91 Å². The van der Waals surface area contributed by atoms with Crippen LogP contribution in [0.3, 0.4) is 0 Å². The van der Waals surface area contributed by atoms with Gasteiger partial charge in [-0.05, 0) is 35.9 Å². The summed E-state index contributed by atoms with van der Waals surface area (Å²) in [7, 11) is -3.76. The maximum absolute atomic E-state index is 13.1. The highest BCUT2D eigenvalue weighted by atomic mass is 32.2. The number of amides is 1. The van der Waals surface area contributed by atoms with Gasteiger partial charge in [-0.1, -0.05) is 24.3 Å². The molecular weight excluding hydrogens is 454 g/mol. The van der Waals surface area contributed by atoms with E-state index < -0.39 is 15.9 Å². The van der Waals surface area contributed by atoms with Crippen LogP contribution in [-0.2, 0) is 14.8 Å². The summed E-state index contributed by atoms with van der Waals surface area (Å²) in [6, 6.07) is 15.5. The van der Waals surface area contributed by atoms with E-state index in [1.165, 1.54) is 18.6 Å². The van der Waals surface area contributed by atoms with Gasteiger partial charge in [0.05, 0.1) is 10.8 Å². The lowest BCUT2D eigenvalue weighted by molar-refractivity contribution is -0.133. The molecular formula is C24H25N5O4S. The van der Waals surface area contributed by atoms with E-state index in [2.05, 4.69) is 19.6 Å². The summed E-state index contributed by atoms with van der Waals surface area (Å²) in [4.78, 5) is 37.1. The van der Waals surface area contributed by atoms with Crippen LogP contribution >= 0.6 is 0 Å². The Labute approximate surface area is 199 Å². The Morgan fingerprint density at radius 1 is 1.00 bits per heavy atom. The SMILES string of the molecule is O=C1CC(C(=O)N2CCN(c3ccc(S(=O)(=O)Nc4ccncn4)cc3)CC2)c2ccccc21.[HH]. The van der Waals surface area contributed by atoms with Crippen LogP contribution in [-0.4, -0.2) is 61.2 Å². The molecule has 1 aromatic heterocycles. The number of anilines is 2. The molecule has 1 atom stereocenters. The van der Waals surface area contributed by atoms with Crippen molar-refractivity contribution >= 4 is 33.2 Å². The fourth-order valence-electron chi connectivity index (χ4n) is 4.47. The van der Waals surface area contributed by atoms with E-state index in [1.807, 2.05) is 23.1 Å². The fraction of sp³-hybridized carbons (Fsp3) is 0.250. The quantitative estimate of drug-likeness (QED) is 0.598. The number of ketones is 1. The van der Waals surface area contributed by atoms with Crippen LogP contribution in [0.5, 0.6) is 0 Å². The number of nitrogens with one attached hydrogen (secondary N) is 1. The lowest BCUT2D eigenvalue weighted by Crippen LogP contribution is -2.50. The minimum Gasteiger partial charge on any atom is -0.368 e. The highest BCUT2D eigenvalue weighted by Gasteiger charge is 2.37. The molecule has 34 heavy (non-hydrogen) atoms. The minimum absolute atomic E-state index is 0. The van der Waals surface area contributed by atoms with Crippen molar-refractivity contribution in [3.8, 4) is 0 Å². The smallest absolute Gasteiger partial charge is 0.263 e. The predicted molar refractivity (Wildman–Crippen MR) is 128 cm³/mol. The number of Topliss-reactive ketones (excluding diaryl/α,β-unsaturated/α-hetero) is 1. The molecule has 2 heterocycles. The Morgan fingerprint density at radius 3 is 2.44 bits per heavy atom. The van der Waals surface area contributed by atoms with Gasteiger partial charge in [0.1, 0.15) is 12.1 Å². The van der Waals surface area contributed by atoms with E-state index in [4.69, 9.17) is 0 Å². The number of carbonyl (C=O) groups excluding carboxylic acids is 2. The van der Waals surface area contributed by atoms with Gasteiger partial charge < -0.3 is 9.80 Å². The highest BCUT2D eigenvalue weighted by Crippen LogP contribution is 2.34. The average molecular weight is 480 g/mol. The Hall–Kier alpha value is -3.79. The number of sulfonamides is 1. The van der Waals surface area contributed by atoms with Crippen molar-refractivity contribution in [3.05, 3.63) is 78.2 Å². The monoisotopic (exact) mass is 479 g/mol. The maximum atomic E-state index is 13.1. The molecule has 3 aromatic rings. The van der Waals surface area contributed by atoms with Gasteiger partial charge >= 0.3 is 0 Å². The van der Waals surface area contributed by atoms with Gasteiger partial charge in [-0.2, -0.15) is 0 Å². The number of nitrogens with zero attached hydrogens (tertiary/aromatic N) is 4. The summed E-state index contributed by atoms with van der Waals surface area (Å²) in [6.07, 6.45) is 2.97. The molecule has 0 radical (unpaired) electrons. The van der Waals surface area contributed by atoms with Crippen molar-refractivity contribution in [2.75, 3.05) is 35.8 Å². The van der Waals surface area contributed by atoms with Gasteiger partial charge in [0.15, 0.2) is 5.78 Å². The van der Waals surface area contributed by atoms with Crippen molar-refractivity contribution in [1.82, 2.24) is 14.9 Å². The summed E-state index contributed by atoms with van der Waals surface area (Å²) in [5, 5.41) is 0. The summed E-state index contributed by atoms with van der Waals surface area (Å²) in [5.74, 6) is -0.180. The molecule has 0 saturated carbocycles. The van der Waals surface area contributed by atoms with Crippen LogP contribution in [0.25, 0.3) is 0 Å². The third-order valence-electron chi connectivity index (χ3n) is 6.25. The summed E-state index contributed by atoms with van der Waals surface area (Å²) in [6.45, 7) is 2.33. The number of carbonyl (C=O) groups is 2. The molecule has 1 saturated heterocycles. The summed E-state index contributed by atoms with van der Waals surface area (Å²) < 4.78 is 27.6. The van der Waals surface area contributed by atoms with Gasteiger partial charge in [-0.15, -0.1) is 0 Å². The molecule has 5 rings (SSSR count). The molecule has 1 aliphatic carbocycles. The van der Waals surface area contributed by atoms with E-state index in [0.29, 0.717) is 31.7 Å². The van der Waals surface area contributed by atoms with Crippen LogP contribution in [0.4, 0.5) is 11.5 Å². The topological polar surface area (TPSA) is 113 Å². The number of hydrogen-bond donors (Lipinski definition) is 1. The summed E-state index contributed by atoms with van der Waals surface area (Å²) in [5.41, 5.74) is 2.37. The zero-order chi connectivity index (χ0) is 23.7. The van der Waals surface area contributed by atoms with Crippen molar-refractivity contribution in [2.45, 2.75) is 17.2 Å². The van der Waals surface area contributed by atoms with Gasteiger partial charge in [-0.25, -0.2) is 18.4 Å². The number of benzene rings is 2. The van der Waals surface area contributed by atoms with Crippen molar-refractivity contribution in [1.29, 1.82) is 0 Å². The zero-order valence-corrected chi connectivity index (χ0v) is 19.1. The Morgan fingerprint density at radius 2 is 1.74 bits per heavy atom. The minimum atomic E-state index is -3.76. The van der Waals surface area contributed by atoms with Crippen LogP contribution in [0.15, 0.2) is 72.0 Å². The van der Waals surface area contributed by atoms with Gasteiger partial charge in [0.25, 0.3) is 10.0 Å². The number of aromatic nitrogens is 2. The van der Waals surface area contributed by atoms with Crippen LogP contribution in [0, 0.1) is 0 Å². The van der Waals surface area contributed by atoms with E-state index in [0.717, 1.165) is 11.3 Å². The number of hydrogen-bond acceptors (Lipinski definition) is 7. The molecule has 9 nitrogen and oxygen atoms in total. The number of fused-ring (bicyclic) bond motifs is 1. The normalized spacial score (nSPS) is 18.0. The largest absolute Gasteiger partial charge is 0.368 e. The second-order valence-corrected chi connectivity index (χ2v) is 9.96. The first-order valence-electron chi connectivity index (χ1n) is 11.0. The number of piperazine rings is 1. The lowest BCUT2D eigenvalue weighted by Gasteiger charge is -2.37. The highest BCUT2D eigenvalue weighted by molar-refractivity contribution is 7.92. The Kier molecular flexibility index (Phi) is 5.74. The first kappa shape index (κ1) is 22.0. The Bertz CT molecular complexity index is 1330. The van der Waals surface area contributed by atoms with E-state index in [9.17, 15) is 18.0 Å². The molecule has 2 aromatic carbocycles. The molecule has 1 amide bonds. The van der Waals surface area contributed by atoms with E-state index in [-0.39, 0.29) is 30.3 Å². The van der Waals surface area contributed by atoms with Gasteiger partial charge in [-0.3, -0.25) is 14.3 Å².